The Hall–Kier alpha value is -2.35. The molecule has 0 heterocycles. The summed E-state index contributed by atoms with van der Waals surface area (Å²) in [6.07, 6.45) is 1.99. The zero-order valence-corrected chi connectivity index (χ0v) is 12.7. The summed E-state index contributed by atoms with van der Waals surface area (Å²) < 4.78 is 0. The number of benzene rings is 1. The van der Waals surface area contributed by atoms with E-state index in [0.29, 0.717) is 5.69 Å². The van der Waals surface area contributed by atoms with Crippen LogP contribution in [0.1, 0.15) is 32.3 Å². The monoisotopic (exact) mass is 287 g/mol. The summed E-state index contributed by atoms with van der Waals surface area (Å²) >= 11 is 0. The number of nitriles is 1. The van der Waals surface area contributed by atoms with E-state index in [-0.39, 0.29) is 12.5 Å². The smallest absolute Gasteiger partial charge is 0.313 e. The Bertz CT molecular complexity index is 549. The van der Waals surface area contributed by atoms with Crippen LogP contribution in [0.25, 0.3) is 0 Å². The minimum atomic E-state index is -0.675. The maximum Gasteiger partial charge on any atom is 0.313 e. The normalized spacial score (nSPS) is 11.3. The molecule has 0 spiro atoms. The first-order chi connectivity index (χ1) is 10.0. The largest absolute Gasteiger partial charge is 0.334 e. The van der Waals surface area contributed by atoms with E-state index >= 15 is 0 Å². The lowest BCUT2D eigenvalue weighted by atomic mass is 10.1. The van der Waals surface area contributed by atoms with Gasteiger partial charge in [-0.05, 0) is 25.0 Å². The van der Waals surface area contributed by atoms with Crippen molar-refractivity contribution < 1.29 is 9.59 Å². The highest BCUT2D eigenvalue weighted by Gasteiger charge is 2.23. The van der Waals surface area contributed by atoms with Crippen LogP contribution in [0, 0.1) is 11.3 Å². The van der Waals surface area contributed by atoms with Crippen molar-refractivity contribution in [1.82, 2.24) is 4.90 Å². The van der Waals surface area contributed by atoms with Gasteiger partial charge in [-0.1, -0.05) is 31.5 Å². The number of hydrogen-bond donors (Lipinski definition) is 1. The predicted octanol–water partition coefficient (Wildman–Crippen LogP) is 2.34. The number of likely N-dealkylation sites (N-methyl/N-ethyl adjacent to an activating group) is 1. The molecule has 0 radical (unpaired) electrons. The van der Waals surface area contributed by atoms with Crippen molar-refractivity contribution in [2.45, 2.75) is 39.2 Å². The molecule has 0 bridgehead atoms. The maximum atomic E-state index is 12.0. The number of nitrogens with zero attached hydrogens (tertiary/aromatic N) is 2. The van der Waals surface area contributed by atoms with Gasteiger partial charge < -0.3 is 10.2 Å². The number of rotatable bonds is 5. The lowest BCUT2D eigenvalue weighted by Crippen LogP contribution is -2.42. The van der Waals surface area contributed by atoms with Crippen LogP contribution in [0.15, 0.2) is 24.3 Å². The number of nitrogens with one attached hydrogen (secondary N) is 1. The fraction of sp³-hybridized carbons (Fsp3) is 0.438. The summed E-state index contributed by atoms with van der Waals surface area (Å²) in [5, 5.41) is 11.3. The van der Waals surface area contributed by atoms with E-state index in [1.807, 2.05) is 24.3 Å². The van der Waals surface area contributed by atoms with Gasteiger partial charge in [0.1, 0.15) is 0 Å². The van der Waals surface area contributed by atoms with Gasteiger partial charge in [-0.3, -0.25) is 9.59 Å². The van der Waals surface area contributed by atoms with Gasteiger partial charge in [0.05, 0.1) is 12.5 Å². The van der Waals surface area contributed by atoms with Gasteiger partial charge in [-0.15, -0.1) is 0 Å². The first-order valence-corrected chi connectivity index (χ1v) is 7.04. The van der Waals surface area contributed by atoms with Crippen LogP contribution in [0.3, 0.4) is 0 Å². The minimum absolute atomic E-state index is 0.196. The summed E-state index contributed by atoms with van der Waals surface area (Å²) in [5.41, 5.74) is 1.67. The van der Waals surface area contributed by atoms with Gasteiger partial charge in [0.15, 0.2) is 0 Å². The third-order valence-electron chi connectivity index (χ3n) is 3.35. The van der Waals surface area contributed by atoms with E-state index in [1.165, 1.54) is 11.9 Å². The van der Waals surface area contributed by atoms with Crippen LogP contribution >= 0.6 is 0 Å². The highest BCUT2D eigenvalue weighted by atomic mass is 16.2. The van der Waals surface area contributed by atoms with Crippen LogP contribution in [-0.4, -0.2) is 29.8 Å². The van der Waals surface area contributed by atoms with Crippen molar-refractivity contribution in [3.05, 3.63) is 29.8 Å². The predicted molar refractivity (Wildman–Crippen MR) is 81.5 cm³/mol. The summed E-state index contributed by atoms with van der Waals surface area (Å²) in [4.78, 5) is 25.4. The maximum absolute atomic E-state index is 12.0. The van der Waals surface area contributed by atoms with Crippen molar-refractivity contribution in [3.8, 4) is 6.07 Å². The molecular formula is C16H21N3O2. The molecule has 0 aromatic heterocycles. The zero-order valence-electron chi connectivity index (χ0n) is 12.7. The molecule has 0 fully saturated rings. The highest BCUT2D eigenvalue weighted by molar-refractivity contribution is 6.39. The van der Waals surface area contributed by atoms with E-state index in [9.17, 15) is 9.59 Å². The number of hydrogen-bond acceptors (Lipinski definition) is 3. The van der Waals surface area contributed by atoms with Gasteiger partial charge >= 0.3 is 11.8 Å². The fourth-order valence-corrected chi connectivity index (χ4v) is 1.93. The lowest BCUT2D eigenvalue weighted by Gasteiger charge is -2.22. The van der Waals surface area contributed by atoms with Crippen molar-refractivity contribution in [3.63, 3.8) is 0 Å². The molecule has 0 aliphatic rings. The molecule has 0 saturated carbocycles. The van der Waals surface area contributed by atoms with Gasteiger partial charge in [0, 0.05) is 18.8 Å². The Kier molecular flexibility index (Phi) is 6.41. The molecule has 0 unspecified atom stereocenters. The molecular weight excluding hydrogens is 266 g/mol. The Morgan fingerprint density at radius 2 is 2.05 bits per heavy atom. The summed E-state index contributed by atoms with van der Waals surface area (Å²) in [6, 6.07) is 9.15. The standard InChI is InChI=1S/C16H21N3O2/c1-4-7-13-8-5-6-9-14(13)18-15(20)16(21)19(3)12(2)10-11-17/h5-6,8-9,12H,4,7,10H2,1-3H3,(H,18,20)/t12-/m0/s1. The number of aryl methyl sites for hydroxylation is 1. The molecule has 1 atom stereocenters. The fourth-order valence-electron chi connectivity index (χ4n) is 1.93. The second kappa shape index (κ2) is 8.05. The summed E-state index contributed by atoms with van der Waals surface area (Å²) in [5.74, 6) is -1.31. The Morgan fingerprint density at radius 1 is 1.38 bits per heavy atom. The second-order valence-electron chi connectivity index (χ2n) is 4.99. The number of carbonyl (C=O) groups excluding carboxylic acids is 2. The minimum Gasteiger partial charge on any atom is -0.334 e. The molecule has 1 N–H and O–H groups in total. The SMILES string of the molecule is CCCc1ccccc1NC(=O)C(=O)N(C)[C@@H](C)CC#N. The van der Waals surface area contributed by atoms with Gasteiger partial charge in [0.2, 0.25) is 0 Å². The number of amides is 2. The van der Waals surface area contributed by atoms with Crippen molar-refractivity contribution in [2.75, 3.05) is 12.4 Å². The van der Waals surface area contributed by atoms with Gasteiger partial charge in [0.25, 0.3) is 0 Å². The molecule has 1 rings (SSSR count). The first-order valence-electron chi connectivity index (χ1n) is 7.04. The Morgan fingerprint density at radius 3 is 2.67 bits per heavy atom. The van der Waals surface area contributed by atoms with E-state index in [4.69, 9.17) is 5.26 Å². The third kappa shape index (κ3) is 4.60. The van der Waals surface area contributed by atoms with E-state index in [1.54, 1.807) is 13.0 Å². The molecule has 0 aliphatic heterocycles. The van der Waals surface area contributed by atoms with E-state index in [0.717, 1.165) is 18.4 Å². The molecule has 5 nitrogen and oxygen atoms in total. The molecule has 5 heteroatoms. The molecule has 0 saturated heterocycles. The molecule has 21 heavy (non-hydrogen) atoms. The summed E-state index contributed by atoms with van der Waals surface area (Å²) in [6.45, 7) is 3.79. The van der Waals surface area contributed by atoms with Crippen molar-refractivity contribution in [2.24, 2.45) is 0 Å². The van der Waals surface area contributed by atoms with Crippen LogP contribution in [0.4, 0.5) is 5.69 Å². The molecule has 0 aliphatic carbocycles. The Balaban J connectivity index is 2.77. The molecule has 1 aromatic carbocycles. The Labute approximate surface area is 125 Å². The molecule has 1 aromatic rings. The van der Waals surface area contributed by atoms with Gasteiger partial charge in [-0.2, -0.15) is 5.26 Å². The number of carbonyl (C=O) groups is 2. The lowest BCUT2D eigenvalue weighted by molar-refractivity contribution is -0.143. The van der Waals surface area contributed by atoms with Crippen molar-refractivity contribution >= 4 is 17.5 Å². The average molecular weight is 287 g/mol. The zero-order chi connectivity index (χ0) is 15.8. The second-order valence-corrected chi connectivity index (χ2v) is 4.99. The molecule has 112 valence electrons. The average Bonchev–Trinajstić information content (AvgIpc) is 2.48. The third-order valence-corrected chi connectivity index (χ3v) is 3.35. The van der Waals surface area contributed by atoms with Crippen LogP contribution in [0.5, 0.6) is 0 Å². The van der Waals surface area contributed by atoms with Gasteiger partial charge in [-0.25, -0.2) is 0 Å². The first kappa shape index (κ1) is 16.7. The quantitative estimate of drug-likeness (QED) is 0.845. The van der Waals surface area contributed by atoms with E-state index in [2.05, 4.69) is 12.2 Å². The van der Waals surface area contributed by atoms with Crippen LogP contribution in [0.2, 0.25) is 0 Å². The number of para-hydroxylation sites is 1. The number of anilines is 1. The van der Waals surface area contributed by atoms with Crippen molar-refractivity contribution in [1.29, 1.82) is 5.26 Å². The van der Waals surface area contributed by atoms with E-state index < -0.39 is 11.8 Å². The van der Waals surface area contributed by atoms with Crippen LogP contribution in [-0.2, 0) is 16.0 Å². The topological polar surface area (TPSA) is 73.2 Å². The highest BCUT2D eigenvalue weighted by Crippen LogP contribution is 2.17. The molecule has 2 amide bonds. The summed E-state index contributed by atoms with van der Waals surface area (Å²) in [7, 11) is 1.53. The van der Waals surface area contributed by atoms with Crippen LogP contribution < -0.4 is 5.32 Å².